The van der Waals surface area contributed by atoms with Gasteiger partial charge in [-0.2, -0.15) is 13.2 Å². The molecule has 1 aliphatic heterocycles. The molecular formula is C15H18F3N5O3. The fraction of sp³-hybridized carbons (Fsp3) is 0.467. The summed E-state index contributed by atoms with van der Waals surface area (Å²) in [6.07, 6.45) is 5.18. The monoisotopic (exact) mass is 373 g/mol. The van der Waals surface area contributed by atoms with Crippen LogP contribution in [0.4, 0.5) is 18.0 Å². The maximum Gasteiger partial charge on any atom is 0.411 e. The lowest BCUT2D eigenvalue weighted by molar-refractivity contribution is -0.159. The SMILES string of the molecule is O=C(N1CCC(Oc2ccncn2)CC1)n1ccnc1.OCC(F)(F)F. The molecule has 0 radical (unpaired) electrons. The van der Waals surface area contributed by atoms with Gasteiger partial charge in [-0.3, -0.25) is 4.57 Å². The van der Waals surface area contributed by atoms with Crippen LogP contribution >= 0.6 is 0 Å². The summed E-state index contributed by atoms with van der Waals surface area (Å²) < 4.78 is 38.9. The van der Waals surface area contributed by atoms with Gasteiger partial charge in [-0.05, 0) is 0 Å². The van der Waals surface area contributed by atoms with Gasteiger partial charge in [0.25, 0.3) is 0 Å². The molecule has 26 heavy (non-hydrogen) atoms. The number of aliphatic hydroxyl groups excluding tert-OH is 1. The number of likely N-dealkylation sites (tertiary alicyclic amines) is 1. The quantitative estimate of drug-likeness (QED) is 0.862. The van der Waals surface area contributed by atoms with E-state index < -0.39 is 12.8 Å². The van der Waals surface area contributed by atoms with E-state index in [4.69, 9.17) is 9.84 Å². The van der Waals surface area contributed by atoms with Gasteiger partial charge < -0.3 is 14.7 Å². The van der Waals surface area contributed by atoms with Gasteiger partial charge in [0.05, 0.1) is 0 Å². The summed E-state index contributed by atoms with van der Waals surface area (Å²) >= 11 is 0. The van der Waals surface area contributed by atoms with Crippen LogP contribution in [0.2, 0.25) is 0 Å². The molecular weight excluding hydrogens is 355 g/mol. The third kappa shape index (κ3) is 6.31. The van der Waals surface area contributed by atoms with Gasteiger partial charge in [0.15, 0.2) is 0 Å². The number of aliphatic hydroxyl groups is 1. The fourth-order valence-electron chi connectivity index (χ4n) is 2.22. The Hall–Kier alpha value is -2.69. The molecule has 142 valence electrons. The van der Waals surface area contributed by atoms with E-state index in [2.05, 4.69) is 15.0 Å². The highest BCUT2D eigenvalue weighted by Gasteiger charge is 2.25. The summed E-state index contributed by atoms with van der Waals surface area (Å²) in [6.45, 7) is -0.382. The number of imidazole rings is 1. The number of alkyl halides is 3. The highest BCUT2D eigenvalue weighted by Crippen LogP contribution is 2.17. The van der Waals surface area contributed by atoms with Gasteiger partial charge in [0, 0.05) is 50.6 Å². The van der Waals surface area contributed by atoms with Gasteiger partial charge in [0.2, 0.25) is 5.88 Å². The minimum atomic E-state index is -4.40. The lowest BCUT2D eigenvalue weighted by atomic mass is 10.1. The standard InChI is InChI=1S/C13H15N5O2.C2H3F3O/c19-13(18-8-5-15-10-18)17-6-2-11(3-7-17)20-12-1-4-14-9-16-12;3-2(4,5)1-6/h1,4-5,8-11H,2-3,6-7H2;6H,1H2. The predicted molar refractivity (Wildman–Crippen MR) is 83.4 cm³/mol. The van der Waals surface area contributed by atoms with E-state index in [1.807, 2.05) is 4.90 Å². The minimum Gasteiger partial charge on any atom is -0.474 e. The summed E-state index contributed by atoms with van der Waals surface area (Å²) in [4.78, 5) is 25.7. The van der Waals surface area contributed by atoms with Crippen LogP contribution in [0, 0.1) is 0 Å². The van der Waals surface area contributed by atoms with Crippen molar-refractivity contribution in [2.24, 2.45) is 0 Å². The van der Waals surface area contributed by atoms with E-state index >= 15 is 0 Å². The Kier molecular flexibility index (Phi) is 6.89. The summed E-state index contributed by atoms with van der Waals surface area (Å²) in [5.41, 5.74) is 0. The number of piperidine rings is 1. The maximum absolute atomic E-state index is 12.1. The first-order chi connectivity index (χ1) is 12.4. The number of hydrogen-bond donors (Lipinski definition) is 1. The topological polar surface area (TPSA) is 93.4 Å². The molecule has 0 aliphatic carbocycles. The molecule has 2 aromatic heterocycles. The number of carbonyl (C=O) groups excluding carboxylic acids is 1. The molecule has 1 fully saturated rings. The zero-order chi connectivity index (χ0) is 19.0. The van der Waals surface area contributed by atoms with Crippen molar-refractivity contribution >= 4 is 6.03 Å². The van der Waals surface area contributed by atoms with Crippen molar-refractivity contribution in [1.29, 1.82) is 0 Å². The number of ether oxygens (including phenoxy) is 1. The smallest absolute Gasteiger partial charge is 0.411 e. The molecule has 11 heteroatoms. The molecule has 1 aliphatic rings. The van der Waals surface area contributed by atoms with Crippen molar-refractivity contribution in [3.05, 3.63) is 37.3 Å². The van der Waals surface area contributed by atoms with Gasteiger partial charge in [-0.25, -0.2) is 19.7 Å². The van der Waals surface area contributed by atoms with Gasteiger partial charge in [-0.1, -0.05) is 0 Å². The van der Waals surface area contributed by atoms with E-state index in [9.17, 15) is 18.0 Å². The Morgan fingerprint density at radius 2 is 1.96 bits per heavy atom. The molecule has 0 bridgehead atoms. The van der Waals surface area contributed by atoms with Crippen molar-refractivity contribution in [3.63, 3.8) is 0 Å². The van der Waals surface area contributed by atoms with Gasteiger partial charge >= 0.3 is 12.2 Å². The Balaban J connectivity index is 0.000000352. The Labute approximate surface area is 147 Å². The first-order valence-corrected chi connectivity index (χ1v) is 7.76. The molecule has 1 amide bonds. The summed E-state index contributed by atoms with van der Waals surface area (Å²) in [5.74, 6) is 0.583. The van der Waals surface area contributed by atoms with Crippen LogP contribution in [-0.2, 0) is 0 Å². The maximum atomic E-state index is 12.1. The lowest BCUT2D eigenvalue weighted by Crippen LogP contribution is -2.43. The van der Waals surface area contributed by atoms with E-state index in [0.717, 1.165) is 12.8 Å². The number of hydrogen-bond acceptors (Lipinski definition) is 6. The molecule has 1 saturated heterocycles. The number of rotatable bonds is 2. The fourth-order valence-corrected chi connectivity index (χ4v) is 2.22. The third-order valence-corrected chi connectivity index (χ3v) is 3.46. The number of aromatic nitrogens is 4. The normalized spacial score (nSPS) is 15.2. The molecule has 1 N–H and O–H groups in total. The second-order valence-corrected chi connectivity index (χ2v) is 5.38. The molecule has 0 aromatic carbocycles. The van der Waals surface area contributed by atoms with Crippen LogP contribution in [0.1, 0.15) is 12.8 Å². The molecule has 0 saturated carbocycles. The number of amides is 1. The average Bonchev–Trinajstić information content (AvgIpc) is 3.17. The summed E-state index contributed by atoms with van der Waals surface area (Å²) in [6, 6.07) is 1.70. The second kappa shape index (κ2) is 9.13. The molecule has 2 aromatic rings. The van der Waals surface area contributed by atoms with Crippen LogP contribution in [0.25, 0.3) is 0 Å². The van der Waals surface area contributed by atoms with E-state index in [1.165, 1.54) is 17.2 Å². The van der Waals surface area contributed by atoms with Crippen molar-refractivity contribution in [3.8, 4) is 5.88 Å². The highest BCUT2D eigenvalue weighted by molar-refractivity contribution is 5.76. The number of nitrogens with zero attached hydrogens (tertiary/aromatic N) is 5. The highest BCUT2D eigenvalue weighted by atomic mass is 19.4. The zero-order valence-corrected chi connectivity index (χ0v) is 13.7. The summed E-state index contributed by atoms with van der Waals surface area (Å²) in [7, 11) is 0. The minimum absolute atomic E-state index is 0.0389. The number of carbonyl (C=O) groups is 1. The molecule has 8 nitrogen and oxygen atoms in total. The number of halogens is 3. The molecule has 3 rings (SSSR count). The predicted octanol–water partition coefficient (Wildman–Crippen LogP) is 1.73. The first kappa shape index (κ1) is 19.6. The van der Waals surface area contributed by atoms with Crippen molar-refractivity contribution < 1.29 is 27.8 Å². The van der Waals surface area contributed by atoms with Gasteiger partial charge in [0.1, 0.15) is 25.4 Å². The van der Waals surface area contributed by atoms with E-state index in [1.54, 1.807) is 24.7 Å². The first-order valence-electron chi connectivity index (χ1n) is 7.76. The average molecular weight is 373 g/mol. The molecule has 3 heterocycles. The van der Waals surface area contributed by atoms with Crippen LogP contribution in [0.5, 0.6) is 5.88 Å². The van der Waals surface area contributed by atoms with Crippen LogP contribution in [0.3, 0.4) is 0 Å². The lowest BCUT2D eigenvalue weighted by Gasteiger charge is -2.31. The molecule has 0 spiro atoms. The third-order valence-electron chi connectivity index (χ3n) is 3.46. The zero-order valence-electron chi connectivity index (χ0n) is 13.7. The summed E-state index contributed by atoms with van der Waals surface area (Å²) in [5, 5.41) is 7.28. The van der Waals surface area contributed by atoms with Crippen molar-refractivity contribution in [1.82, 2.24) is 24.4 Å². The Morgan fingerprint density at radius 1 is 1.27 bits per heavy atom. The molecule has 0 unspecified atom stereocenters. The Bertz CT molecular complexity index is 659. The molecule has 0 atom stereocenters. The second-order valence-electron chi connectivity index (χ2n) is 5.38. The van der Waals surface area contributed by atoms with Crippen LogP contribution < -0.4 is 4.74 Å². The largest absolute Gasteiger partial charge is 0.474 e. The van der Waals surface area contributed by atoms with Crippen LogP contribution in [0.15, 0.2) is 37.3 Å². The van der Waals surface area contributed by atoms with Crippen molar-refractivity contribution in [2.75, 3.05) is 19.7 Å². The van der Waals surface area contributed by atoms with Crippen LogP contribution in [-0.4, -0.2) is 67.5 Å². The van der Waals surface area contributed by atoms with E-state index in [0.29, 0.717) is 19.0 Å². The van der Waals surface area contributed by atoms with Gasteiger partial charge in [-0.15, -0.1) is 0 Å². The Morgan fingerprint density at radius 3 is 2.46 bits per heavy atom. The van der Waals surface area contributed by atoms with E-state index in [-0.39, 0.29) is 12.1 Å². The van der Waals surface area contributed by atoms with Crippen molar-refractivity contribution in [2.45, 2.75) is 25.1 Å².